The molecule has 1 aromatic carbocycles. The largest absolute Gasteiger partial charge is 0.481 e. The van der Waals surface area contributed by atoms with Gasteiger partial charge in [0.25, 0.3) is 0 Å². The van der Waals surface area contributed by atoms with Crippen molar-refractivity contribution in [1.82, 2.24) is 4.98 Å². The van der Waals surface area contributed by atoms with Crippen LogP contribution < -0.4 is 5.32 Å². The molecule has 0 radical (unpaired) electrons. The van der Waals surface area contributed by atoms with Crippen LogP contribution in [0.2, 0.25) is 5.02 Å². The monoisotopic (exact) mass is 360 g/mol. The predicted molar refractivity (Wildman–Crippen MR) is 80.5 cm³/mol. The highest BCUT2D eigenvalue weighted by Crippen LogP contribution is 2.28. The Kier molecular flexibility index (Phi) is 4.79. The molecule has 0 unspecified atom stereocenters. The van der Waals surface area contributed by atoms with Gasteiger partial charge in [-0.25, -0.2) is 4.98 Å². The van der Waals surface area contributed by atoms with Crippen LogP contribution in [0.4, 0.5) is 10.8 Å². The maximum Gasteiger partial charge on any atom is 0.303 e. The topological polar surface area (TPSA) is 62.2 Å². The Morgan fingerprint density at radius 1 is 1.53 bits per heavy atom. The lowest BCUT2D eigenvalue weighted by molar-refractivity contribution is -0.136. The molecule has 0 spiro atoms. The number of rotatable bonds is 5. The molecule has 7 heteroatoms. The van der Waals surface area contributed by atoms with Gasteiger partial charge in [0.2, 0.25) is 0 Å². The summed E-state index contributed by atoms with van der Waals surface area (Å²) in [5.41, 5.74) is 1.62. The van der Waals surface area contributed by atoms with Crippen LogP contribution in [0.1, 0.15) is 12.1 Å². The number of aryl methyl sites for hydroxylation is 1. The van der Waals surface area contributed by atoms with Gasteiger partial charge in [-0.2, -0.15) is 0 Å². The third-order valence-corrected chi connectivity index (χ3v) is 4.36. The summed E-state index contributed by atoms with van der Waals surface area (Å²) in [4.78, 5) is 14.8. The van der Waals surface area contributed by atoms with E-state index in [-0.39, 0.29) is 6.42 Å². The summed E-state index contributed by atoms with van der Waals surface area (Å²) in [5.74, 6) is -0.817. The number of hydrogen-bond acceptors (Lipinski definition) is 4. The first-order valence-electron chi connectivity index (χ1n) is 5.43. The SMILES string of the molecule is O=C(O)CCc1csc(Nc2ccc(Br)c(Cl)c2)n1. The summed E-state index contributed by atoms with van der Waals surface area (Å²) in [6.07, 6.45) is 0.530. The highest BCUT2D eigenvalue weighted by molar-refractivity contribution is 9.10. The summed E-state index contributed by atoms with van der Waals surface area (Å²) in [5, 5.41) is 14.9. The Balaban J connectivity index is 2.02. The molecule has 0 saturated carbocycles. The van der Waals surface area contributed by atoms with E-state index in [1.165, 1.54) is 11.3 Å². The smallest absolute Gasteiger partial charge is 0.303 e. The maximum atomic E-state index is 10.5. The lowest BCUT2D eigenvalue weighted by atomic mass is 10.2. The summed E-state index contributed by atoms with van der Waals surface area (Å²) in [6, 6.07) is 5.53. The Morgan fingerprint density at radius 2 is 2.32 bits per heavy atom. The van der Waals surface area contributed by atoms with E-state index < -0.39 is 5.97 Å². The maximum absolute atomic E-state index is 10.5. The number of aromatic nitrogens is 1. The molecular formula is C12H10BrClN2O2S. The molecule has 0 aliphatic rings. The standard InChI is InChI=1S/C12H10BrClN2O2S/c13-9-3-1-7(5-10(9)14)15-12-16-8(6-19-12)2-4-11(17)18/h1,3,5-6H,2,4H2,(H,15,16)(H,17,18). The van der Waals surface area contributed by atoms with Gasteiger partial charge in [-0.1, -0.05) is 11.6 Å². The van der Waals surface area contributed by atoms with Gasteiger partial charge >= 0.3 is 5.97 Å². The van der Waals surface area contributed by atoms with Crippen molar-refractivity contribution in [3.8, 4) is 0 Å². The second-order valence-corrected chi connectivity index (χ2v) is 5.91. The Bertz CT molecular complexity index is 603. The molecule has 4 nitrogen and oxygen atoms in total. The van der Waals surface area contributed by atoms with Crippen molar-refractivity contribution in [2.75, 3.05) is 5.32 Å². The minimum atomic E-state index is -0.817. The molecule has 0 fully saturated rings. The quantitative estimate of drug-likeness (QED) is 0.832. The molecule has 0 atom stereocenters. The second kappa shape index (κ2) is 6.36. The summed E-state index contributed by atoms with van der Waals surface area (Å²) >= 11 is 10.8. The van der Waals surface area contributed by atoms with E-state index in [4.69, 9.17) is 16.7 Å². The molecule has 1 aromatic heterocycles. The van der Waals surface area contributed by atoms with Gasteiger partial charge in [0.1, 0.15) is 0 Å². The van der Waals surface area contributed by atoms with E-state index in [1.54, 1.807) is 6.07 Å². The van der Waals surface area contributed by atoms with Crippen LogP contribution >= 0.6 is 38.9 Å². The predicted octanol–water partition coefficient (Wildman–Crippen LogP) is 4.32. The van der Waals surface area contributed by atoms with Crippen LogP contribution in [-0.4, -0.2) is 16.1 Å². The highest BCUT2D eigenvalue weighted by Gasteiger charge is 2.06. The van der Waals surface area contributed by atoms with Crippen LogP contribution in [0.5, 0.6) is 0 Å². The van der Waals surface area contributed by atoms with Crippen molar-refractivity contribution in [3.63, 3.8) is 0 Å². The average Bonchev–Trinajstić information content (AvgIpc) is 2.79. The number of carboxylic acid groups (broad SMARTS) is 1. The van der Waals surface area contributed by atoms with E-state index in [1.807, 2.05) is 17.5 Å². The Labute approximate surface area is 127 Å². The van der Waals surface area contributed by atoms with E-state index in [2.05, 4.69) is 26.2 Å². The number of thiazole rings is 1. The summed E-state index contributed by atoms with van der Waals surface area (Å²) in [7, 11) is 0. The van der Waals surface area contributed by atoms with Gasteiger partial charge in [-0.3, -0.25) is 4.79 Å². The zero-order valence-corrected chi connectivity index (χ0v) is 12.8. The molecule has 2 rings (SSSR count). The number of nitrogens with zero attached hydrogens (tertiary/aromatic N) is 1. The average molecular weight is 362 g/mol. The van der Waals surface area contributed by atoms with Crippen molar-refractivity contribution < 1.29 is 9.90 Å². The molecule has 2 N–H and O–H groups in total. The first-order valence-corrected chi connectivity index (χ1v) is 7.48. The lowest BCUT2D eigenvalue weighted by Crippen LogP contribution is -1.98. The Hall–Kier alpha value is -1.11. The molecule has 1 heterocycles. The van der Waals surface area contributed by atoms with Crippen molar-refractivity contribution in [2.45, 2.75) is 12.8 Å². The molecule has 0 bridgehead atoms. The number of aliphatic carboxylic acids is 1. The lowest BCUT2D eigenvalue weighted by Gasteiger charge is -2.03. The fraction of sp³-hybridized carbons (Fsp3) is 0.167. The van der Waals surface area contributed by atoms with Gasteiger partial charge < -0.3 is 10.4 Å². The van der Waals surface area contributed by atoms with Gasteiger partial charge in [0, 0.05) is 22.0 Å². The molecule has 0 aliphatic carbocycles. The second-order valence-electron chi connectivity index (χ2n) is 3.79. The molecular weight excluding hydrogens is 352 g/mol. The molecule has 2 aromatic rings. The molecule has 0 saturated heterocycles. The minimum Gasteiger partial charge on any atom is -0.481 e. The number of halogens is 2. The first kappa shape index (κ1) is 14.3. The van der Waals surface area contributed by atoms with Crippen LogP contribution in [0, 0.1) is 0 Å². The minimum absolute atomic E-state index is 0.0906. The van der Waals surface area contributed by atoms with E-state index in [9.17, 15) is 4.79 Å². The van der Waals surface area contributed by atoms with Crippen molar-refractivity contribution >= 4 is 55.7 Å². The number of anilines is 2. The van der Waals surface area contributed by atoms with Crippen molar-refractivity contribution in [2.24, 2.45) is 0 Å². The molecule has 100 valence electrons. The van der Waals surface area contributed by atoms with Gasteiger partial charge in [0.05, 0.1) is 17.1 Å². The molecule has 19 heavy (non-hydrogen) atoms. The normalized spacial score (nSPS) is 10.4. The first-order chi connectivity index (χ1) is 9.04. The Morgan fingerprint density at radius 3 is 3.00 bits per heavy atom. The third kappa shape index (κ3) is 4.19. The van der Waals surface area contributed by atoms with E-state index in [0.29, 0.717) is 11.4 Å². The van der Waals surface area contributed by atoms with Gasteiger partial charge in [-0.05, 0) is 34.1 Å². The number of carboxylic acids is 1. The number of carbonyl (C=O) groups is 1. The van der Waals surface area contributed by atoms with Crippen LogP contribution in [-0.2, 0) is 11.2 Å². The van der Waals surface area contributed by atoms with Crippen molar-refractivity contribution in [1.29, 1.82) is 0 Å². The zero-order valence-electron chi connectivity index (χ0n) is 9.69. The molecule has 0 amide bonds. The van der Waals surface area contributed by atoms with Gasteiger partial charge in [0.15, 0.2) is 5.13 Å². The number of nitrogens with one attached hydrogen (secondary N) is 1. The van der Waals surface area contributed by atoms with Crippen LogP contribution in [0.15, 0.2) is 28.1 Å². The fourth-order valence-electron chi connectivity index (χ4n) is 1.41. The zero-order chi connectivity index (χ0) is 13.8. The fourth-order valence-corrected chi connectivity index (χ4v) is 2.60. The highest BCUT2D eigenvalue weighted by atomic mass is 79.9. The number of benzene rings is 1. The number of hydrogen-bond donors (Lipinski definition) is 2. The third-order valence-electron chi connectivity index (χ3n) is 2.32. The summed E-state index contributed by atoms with van der Waals surface area (Å²) < 4.78 is 0.834. The summed E-state index contributed by atoms with van der Waals surface area (Å²) in [6.45, 7) is 0. The van der Waals surface area contributed by atoms with Crippen molar-refractivity contribution in [3.05, 3.63) is 38.8 Å². The van der Waals surface area contributed by atoms with Crippen LogP contribution in [0.25, 0.3) is 0 Å². The van der Waals surface area contributed by atoms with Gasteiger partial charge in [-0.15, -0.1) is 11.3 Å². The molecule has 0 aliphatic heterocycles. The van der Waals surface area contributed by atoms with E-state index >= 15 is 0 Å². The van der Waals surface area contributed by atoms with E-state index in [0.717, 1.165) is 21.0 Å². The van der Waals surface area contributed by atoms with Crippen LogP contribution in [0.3, 0.4) is 0 Å².